The van der Waals surface area contributed by atoms with Crippen molar-refractivity contribution in [2.75, 3.05) is 36.8 Å². The molecule has 2 saturated heterocycles. The summed E-state index contributed by atoms with van der Waals surface area (Å²) in [6.45, 7) is 9.20. The molecule has 0 bridgehead atoms. The number of piperazine rings is 1. The molecule has 2 aliphatic heterocycles. The zero-order chi connectivity index (χ0) is 14.4. The van der Waals surface area contributed by atoms with Gasteiger partial charge in [-0.25, -0.2) is 9.48 Å². The van der Waals surface area contributed by atoms with Crippen molar-refractivity contribution in [3.63, 3.8) is 0 Å². The number of aromatic nitrogens is 2. The summed E-state index contributed by atoms with van der Waals surface area (Å²) in [5, 5.41) is 7.44. The molecule has 1 atom stereocenters. The van der Waals surface area contributed by atoms with Gasteiger partial charge in [0.05, 0.1) is 17.4 Å². The Balaban J connectivity index is 1.89. The Hall–Kier alpha value is -1.92. The fraction of sp³-hybridized carbons (Fsp3) is 0.692. The number of rotatable bonds is 2. The Kier molecular flexibility index (Phi) is 2.99. The minimum absolute atomic E-state index is 0.0520. The molecule has 0 spiro atoms. The van der Waals surface area contributed by atoms with Gasteiger partial charge in [-0.2, -0.15) is 5.10 Å². The number of nitrogens with two attached hydrogens (primary N) is 1. The van der Waals surface area contributed by atoms with E-state index in [-0.39, 0.29) is 18.1 Å². The SMILES string of the molecule is Cc1nn(C(C)C)c(N2CCN3C(=O)NCC3C2)c1N. The summed E-state index contributed by atoms with van der Waals surface area (Å²) >= 11 is 0. The molecule has 2 fully saturated rings. The van der Waals surface area contributed by atoms with E-state index in [2.05, 4.69) is 29.2 Å². The molecule has 2 amide bonds. The Bertz CT molecular complexity index is 537. The molecule has 0 radical (unpaired) electrons. The summed E-state index contributed by atoms with van der Waals surface area (Å²) in [6.07, 6.45) is 0. The quantitative estimate of drug-likeness (QED) is 0.829. The van der Waals surface area contributed by atoms with E-state index in [4.69, 9.17) is 5.73 Å². The van der Waals surface area contributed by atoms with E-state index in [0.29, 0.717) is 6.54 Å². The highest BCUT2D eigenvalue weighted by Gasteiger charge is 2.37. The number of amides is 2. The average Bonchev–Trinajstić information content (AvgIpc) is 2.92. The minimum Gasteiger partial charge on any atom is -0.394 e. The molecule has 1 aromatic rings. The lowest BCUT2D eigenvalue weighted by Gasteiger charge is -2.38. The van der Waals surface area contributed by atoms with Crippen LogP contribution in [0.4, 0.5) is 16.3 Å². The number of anilines is 2. The fourth-order valence-electron chi connectivity index (χ4n) is 3.02. The van der Waals surface area contributed by atoms with Gasteiger partial charge in [0.15, 0.2) is 5.82 Å². The number of hydrogen-bond donors (Lipinski definition) is 2. The van der Waals surface area contributed by atoms with Gasteiger partial charge >= 0.3 is 6.03 Å². The van der Waals surface area contributed by atoms with Crippen LogP contribution in [0, 0.1) is 6.92 Å². The molecular weight excluding hydrogens is 256 g/mol. The van der Waals surface area contributed by atoms with Gasteiger partial charge in [-0.05, 0) is 20.8 Å². The summed E-state index contributed by atoms with van der Waals surface area (Å²) in [6, 6.07) is 0.546. The van der Waals surface area contributed by atoms with Crippen molar-refractivity contribution in [1.29, 1.82) is 0 Å². The Morgan fingerprint density at radius 3 is 2.85 bits per heavy atom. The number of urea groups is 1. The Labute approximate surface area is 118 Å². The van der Waals surface area contributed by atoms with Gasteiger partial charge in [-0.1, -0.05) is 0 Å². The number of carbonyl (C=O) groups is 1. The van der Waals surface area contributed by atoms with Crippen molar-refractivity contribution >= 4 is 17.5 Å². The summed E-state index contributed by atoms with van der Waals surface area (Å²) in [4.78, 5) is 15.8. The van der Waals surface area contributed by atoms with Gasteiger partial charge in [0.25, 0.3) is 0 Å². The molecule has 20 heavy (non-hydrogen) atoms. The first-order valence-corrected chi connectivity index (χ1v) is 7.13. The van der Waals surface area contributed by atoms with Crippen LogP contribution in [0.25, 0.3) is 0 Å². The van der Waals surface area contributed by atoms with Gasteiger partial charge in [0, 0.05) is 32.2 Å². The van der Waals surface area contributed by atoms with E-state index in [1.54, 1.807) is 0 Å². The standard InChI is InChI=1S/C13H22N6O/c1-8(2)19-12(11(14)9(3)16-19)17-4-5-18-10(7-17)6-15-13(18)20/h8,10H,4-7,14H2,1-3H3,(H,15,20). The normalized spacial score (nSPS) is 22.4. The molecule has 0 aliphatic carbocycles. The zero-order valence-electron chi connectivity index (χ0n) is 12.3. The monoisotopic (exact) mass is 278 g/mol. The lowest BCUT2D eigenvalue weighted by Crippen LogP contribution is -2.52. The van der Waals surface area contributed by atoms with Gasteiger partial charge < -0.3 is 20.9 Å². The van der Waals surface area contributed by atoms with Gasteiger partial charge in [-0.3, -0.25) is 0 Å². The summed E-state index contributed by atoms with van der Waals surface area (Å²) in [7, 11) is 0. The molecule has 1 unspecified atom stereocenters. The number of nitrogens with one attached hydrogen (secondary N) is 1. The summed E-state index contributed by atoms with van der Waals surface area (Å²) in [5.74, 6) is 0.997. The lowest BCUT2D eigenvalue weighted by molar-refractivity contribution is 0.197. The molecular formula is C13H22N6O. The first-order valence-electron chi connectivity index (χ1n) is 7.13. The minimum atomic E-state index is 0.0520. The van der Waals surface area contributed by atoms with Crippen molar-refractivity contribution in [3.05, 3.63) is 5.69 Å². The maximum absolute atomic E-state index is 11.7. The second-order valence-corrected chi connectivity index (χ2v) is 5.84. The average molecular weight is 278 g/mol. The largest absolute Gasteiger partial charge is 0.394 e. The molecule has 2 aliphatic rings. The lowest BCUT2D eigenvalue weighted by atomic mass is 10.2. The second kappa shape index (κ2) is 4.57. The van der Waals surface area contributed by atoms with E-state index in [9.17, 15) is 4.79 Å². The van der Waals surface area contributed by atoms with Gasteiger partial charge in [-0.15, -0.1) is 0 Å². The predicted molar refractivity (Wildman–Crippen MR) is 77.9 cm³/mol. The van der Waals surface area contributed by atoms with Gasteiger partial charge in [0.2, 0.25) is 0 Å². The molecule has 3 rings (SSSR count). The highest BCUT2D eigenvalue weighted by molar-refractivity contribution is 5.77. The van der Waals surface area contributed by atoms with E-state index in [1.807, 2.05) is 16.5 Å². The highest BCUT2D eigenvalue weighted by atomic mass is 16.2. The van der Waals surface area contributed by atoms with Crippen molar-refractivity contribution in [1.82, 2.24) is 20.0 Å². The topological polar surface area (TPSA) is 79.4 Å². The van der Waals surface area contributed by atoms with Crippen LogP contribution in [0.3, 0.4) is 0 Å². The van der Waals surface area contributed by atoms with E-state index in [1.165, 1.54) is 0 Å². The molecule has 0 saturated carbocycles. The predicted octanol–water partition coefficient (Wildman–Crippen LogP) is 0.568. The highest BCUT2D eigenvalue weighted by Crippen LogP contribution is 2.31. The maximum atomic E-state index is 11.7. The molecule has 3 N–H and O–H groups in total. The van der Waals surface area contributed by atoms with E-state index in [0.717, 1.165) is 36.8 Å². The van der Waals surface area contributed by atoms with Crippen LogP contribution in [-0.4, -0.2) is 52.9 Å². The molecule has 110 valence electrons. The smallest absolute Gasteiger partial charge is 0.317 e. The Morgan fingerprint density at radius 2 is 2.15 bits per heavy atom. The number of nitrogens with zero attached hydrogens (tertiary/aromatic N) is 4. The van der Waals surface area contributed by atoms with Crippen LogP contribution >= 0.6 is 0 Å². The van der Waals surface area contributed by atoms with Crippen LogP contribution in [0.5, 0.6) is 0 Å². The number of fused-ring (bicyclic) bond motifs is 1. The van der Waals surface area contributed by atoms with Gasteiger partial charge in [0.1, 0.15) is 0 Å². The molecule has 0 aromatic carbocycles. The molecule has 7 nitrogen and oxygen atoms in total. The van der Waals surface area contributed by atoms with Crippen LogP contribution in [0.2, 0.25) is 0 Å². The third-order valence-electron chi connectivity index (χ3n) is 4.13. The number of carbonyl (C=O) groups excluding carboxylic acids is 1. The van der Waals surface area contributed by atoms with E-state index >= 15 is 0 Å². The van der Waals surface area contributed by atoms with Crippen molar-refractivity contribution in [2.45, 2.75) is 32.9 Å². The Morgan fingerprint density at radius 1 is 1.40 bits per heavy atom. The number of hydrogen-bond acceptors (Lipinski definition) is 4. The fourth-order valence-corrected chi connectivity index (χ4v) is 3.02. The molecule has 1 aromatic heterocycles. The van der Waals surface area contributed by atoms with Crippen molar-refractivity contribution in [3.8, 4) is 0 Å². The summed E-state index contributed by atoms with van der Waals surface area (Å²) in [5.41, 5.74) is 7.84. The first kappa shape index (κ1) is 13.1. The maximum Gasteiger partial charge on any atom is 0.317 e. The second-order valence-electron chi connectivity index (χ2n) is 5.84. The van der Waals surface area contributed by atoms with Crippen LogP contribution in [-0.2, 0) is 0 Å². The first-order chi connectivity index (χ1) is 9.49. The van der Waals surface area contributed by atoms with Crippen molar-refractivity contribution in [2.24, 2.45) is 0 Å². The zero-order valence-corrected chi connectivity index (χ0v) is 12.3. The molecule has 7 heteroatoms. The third kappa shape index (κ3) is 1.88. The van der Waals surface area contributed by atoms with Crippen LogP contribution in [0.1, 0.15) is 25.6 Å². The third-order valence-corrected chi connectivity index (χ3v) is 4.13. The van der Waals surface area contributed by atoms with Crippen molar-refractivity contribution < 1.29 is 4.79 Å². The molecule has 3 heterocycles. The van der Waals surface area contributed by atoms with Crippen LogP contribution in [0.15, 0.2) is 0 Å². The van der Waals surface area contributed by atoms with Crippen LogP contribution < -0.4 is 16.0 Å². The number of aryl methyl sites for hydroxylation is 1. The number of nitrogen functional groups attached to an aromatic ring is 1. The summed E-state index contributed by atoms with van der Waals surface area (Å²) < 4.78 is 1.99. The van der Waals surface area contributed by atoms with E-state index < -0.39 is 0 Å².